The lowest BCUT2D eigenvalue weighted by Crippen LogP contribution is -2.65. The SMILES string of the molecule is CNCCC1C(=O)N(C2CC2)CC(C)(C)N1C. The van der Waals surface area contributed by atoms with Gasteiger partial charge in [-0.25, -0.2) is 0 Å². The van der Waals surface area contributed by atoms with Crippen LogP contribution in [0.1, 0.15) is 33.1 Å². The van der Waals surface area contributed by atoms with E-state index in [2.05, 4.69) is 36.0 Å². The Morgan fingerprint density at radius 3 is 2.59 bits per heavy atom. The summed E-state index contributed by atoms with van der Waals surface area (Å²) >= 11 is 0. The topological polar surface area (TPSA) is 35.6 Å². The zero-order chi connectivity index (χ0) is 12.6. The summed E-state index contributed by atoms with van der Waals surface area (Å²) < 4.78 is 0. The van der Waals surface area contributed by atoms with Crippen molar-refractivity contribution in [1.82, 2.24) is 15.1 Å². The summed E-state index contributed by atoms with van der Waals surface area (Å²) in [5.74, 6) is 0.338. The van der Waals surface area contributed by atoms with Gasteiger partial charge in [-0.3, -0.25) is 9.69 Å². The number of piperazine rings is 1. The van der Waals surface area contributed by atoms with Gasteiger partial charge in [-0.15, -0.1) is 0 Å². The molecular formula is C13H25N3O. The van der Waals surface area contributed by atoms with Crippen LogP contribution in [0, 0.1) is 0 Å². The van der Waals surface area contributed by atoms with Crippen molar-refractivity contribution in [3.63, 3.8) is 0 Å². The zero-order valence-electron chi connectivity index (χ0n) is 11.5. The maximum absolute atomic E-state index is 12.5. The van der Waals surface area contributed by atoms with Crippen LogP contribution >= 0.6 is 0 Å². The van der Waals surface area contributed by atoms with Gasteiger partial charge in [0.25, 0.3) is 0 Å². The van der Waals surface area contributed by atoms with E-state index in [1.807, 2.05) is 7.05 Å². The summed E-state index contributed by atoms with van der Waals surface area (Å²) in [6.45, 7) is 6.25. The molecule has 1 aliphatic carbocycles. The highest BCUT2D eigenvalue weighted by atomic mass is 16.2. The van der Waals surface area contributed by atoms with Crippen molar-refractivity contribution in [1.29, 1.82) is 0 Å². The molecule has 1 unspecified atom stereocenters. The van der Waals surface area contributed by atoms with E-state index < -0.39 is 0 Å². The Labute approximate surface area is 104 Å². The van der Waals surface area contributed by atoms with Crippen LogP contribution in [-0.4, -0.2) is 60.5 Å². The molecule has 98 valence electrons. The molecule has 1 saturated carbocycles. The van der Waals surface area contributed by atoms with Gasteiger partial charge >= 0.3 is 0 Å². The van der Waals surface area contributed by atoms with E-state index in [9.17, 15) is 4.79 Å². The number of nitrogens with one attached hydrogen (secondary N) is 1. The molecule has 0 bridgehead atoms. The van der Waals surface area contributed by atoms with Crippen LogP contribution in [0.3, 0.4) is 0 Å². The van der Waals surface area contributed by atoms with Crippen molar-refractivity contribution in [3.8, 4) is 0 Å². The molecule has 1 amide bonds. The predicted molar refractivity (Wildman–Crippen MR) is 68.9 cm³/mol. The van der Waals surface area contributed by atoms with E-state index >= 15 is 0 Å². The van der Waals surface area contributed by atoms with Crippen LogP contribution in [0.25, 0.3) is 0 Å². The number of rotatable bonds is 4. The highest BCUT2D eigenvalue weighted by Gasteiger charge is 2.46. The first-order valence-electron chi connectivity index (χ1n) is 6.65. The van der Waals surface area contributed by atoms with E-state index in [1.165, 1.54) is 12.8 Å². The van der Waals surface area contributed by atoms with Gasteiger partial charge in [-0.2, -0.15) is 0 Å². The first-order chi connectivity index (χ1) is 7.97. The van der Waals surface area contributed by atoms with Crippen molar-refractivity contribution < 1.29 is 4.79 Å². The standard InChI is InChI=1S/C13H25N3O/c1-13(2)9-16(10-5-6-10)12(17)11(15(13)4)7-8-14-3/h10-11,14H,5-9H2,1-4H3. The minimum Gasteiger partial charge on any atom is -0.337 e. The Bertz CT molecular complexity index is 299. The molecular weight excluding hydrogens is 214 g/mol. The molecule has 1 saturated heterocycles. The number of likely N-dealkylation sites (N-methyl/N-ethyl adjacent to an activating group) is 1. The van der Waals surface area contributed by atoms with Crippen LogP contribution < -0.4 is 5.32 Å². The van der Waals surface area contributed by atoms with Gasteiger partial charge in [0.15, 0.2) is 0 Å². The van der Waals surface area contributed by atoms with Crippen molar-refractivity contribution in [3.05, 3.63) is 0 Å². The Balaban J connectivity index is 2.12. The number of hydrogen-bond acceptors (Lipinski definition) is 3. The van der Waals surface area contributed by atoms with Crippen molar-refractivity contribution in [2.75, 3.05) is 27.2 Å². The molecule has 0 aromatic carbocycles. The first kappa shape index (κ1) is 12.8. The summed E-state index contributed by atoms with van der Waals surface area (Å²) in [6.07, 6.45) is 3.30. The second-order valence-electron chi connectivity index (χ2n) is 6.03. The molecule has 0 radical (unpaired) electrons. The quantitative estimate of drug-likeness (QED) is 0.783. The maximum Gasteiger partial charge on any atom is 0.240 e. The summed E-state index contributed by atoms with van der Waals surface area (Å²) in [6, 6.07) is 0.583. The fraction of sp³-hybridized carbons (Fsp3) is 0.923. The third kappa shape index (κ3) is 2.47. The molecule has 1 aliphatic heterocycles. The number of carbonyl (C=O) groups excluding carboxylic acids is 1. The smallest absolute Gasteiger partial charge is 0.240 e. The zero-order valence-corrected chi connectivity index (χ0v) is 11.5. The number of amides is 1. The summed E-state index contributed by atoms with van der Waals surface area (Å²) in [7, 11) is 4.03. The average Bonchev–Trinajstić information content (AvgIpc) is 3.08. The van der Waals surface area contributed by atoms with Gasteiger partial charge in [0.1, 0.15) is 0 Å². The summed E-state index contributed by atoms with van der Waals surface area (Å²) in [5, 5.41) is 3.15. The Morgan fingerprint density at radius 1 is 1.41 bits per heavy atom. The number of hydrogen-bond donors (Lipinski definition) is 1. The van der Waals surface area contributed by atoms with Crippen LogP contribution in [-0.2, 0) is 4.79 Å². The highest BCUT2D eigenvalue weighted by Crippen LogP contribution is 2.34. The van der Waals surface area contributed by atoms with E-state index in [0.29, 0.717) is 11.9 Å². The van der Waals surface area contributed by atoms with Gasteiger partial charge in [0.05, 0.1) is 6.04 Å². The van der Waals surface area contributed by atoms with Crippen molar-refractivity contribution in [2.45, 2.75) is 50.7 Å². The van der Waals surface area contributed by atoms with Crippen molar-refractivity contribution >= 4 is 5.91 Å². The number of nitrogens with zero attached hydrogens (tertiary/aromatic N) is 2. The molecule has 2 fully saturated rings. The molecule has 4 heteroatoms. The lowest BCUT2D eigenvalue weighted by Gasteiger charge is -2.49. The van der Waals surface area contributed by atoms with Gasteiger partial charge in [-0.05, 0) is 53.8 Å². The molecule has 0 aromatic rings. The lowest BCUT2D eigenvalue weighted by molar-refractivity contribution is -0.149. The van der Waals surface area contributed by atoms with E-state index in [-0.39, 0.29) is 11.6 Å². The van der Waals surface area contributed by atoms with Crippen LogP contribution in [0.4, 0.5) is 0 Å². The Hall–Kier alpha value is -0.610. The molecule has 4 nitrogen and oxygen atoms in total. The maximum atomic E-state index is 12.5. The van der Waals surface area contributed by atoms with Crippen LogP contribution in [0.5, 0.6) is 0 Å². The van der Waals surface area contributed by atoms with E-state index in [0.717, 1.165) is 19.5 Å². The third-order valence-corrected chi connectivity index (χ3v) is 4.20. The number of carbonyl (C=O) groups is 1. The van der Waals surface area contributed by atoms with Gasteiger partial charge in [0.2, 0.25) is 5.91 Å². The molecule has 2 rings (SSSR count). The largest absolute Gasteiger partial charge is 0.337 e. The highest BCUT2D eigenvalue weighted by molar-refractivity contribution is 5.83. The average molecular weight is 239 g/mol. The van der Waals surface area contributed by atoms with E-state index in [1.54, 1.807) is 0 Å². The van der Waals surface area contributed by atoms with Crippen LogP contribution in [0.15, 0.2) is 0 Å². The van der Waals surface area contributed by atoms with Gasteiger partial charge in [0, 0.05) is 18.1 Å². The third-order valence-electron chi connectivity index (χ3n) is 4.20. The monoisotopic (exact) mass is 239 g/mol. The normalized spacial score (nSPS) is 29.8. The molecule has 0 spiro atoms. The van der Waals surface area contributed by atoms with Crippen LogP contribution in [0.2, 0.25) is 0 Å². The molecule has 2 aliphatic rings. The molecule has 1 heterocycles. The molecule has 1 N–H and O–H groups in total. The van der Waals surface area contributed by atoms with Gasteiger partial charge < -0.3 is 10.2 Å². The summed E-state index contributed by atoms with van der Waals surface area (Å²) in [5.41, 5.74) is 0.0922. The second kappa shape index (κ2) is 4.58. The minimum atomic E-state index is 0.0480. The minimum absolute atomic E-state index is 0.0480. The summed E-state index contributed by atoms with van der Waals surface area (Å²) in [4.78, 5) is 16.8. The van der Waals surface area contributed by atoms with Crippen molar-refractivity contribution in [2.24, 2.45) is 0 Å². The predicted octanol–water partition coefficient (Wildman–Crippen LogP) is 0.680. The van der Waals surface area contributed by atoms with E-state index in [4.69, 9.17) is 0 Å². The lowest BCUT2D eigenvalue weighted by atomic mass is 9.93. The van der Waals surface area contributed by atoms with Gasteiger partial charge in [-0.1, -0.05) is 0 Å². The fourth-order valence-corrected chi connectivity index (χ4v) is 2.68. The second-order valence-corrected chi connectivity index (χ2v) is 6.03. The Morgan fingerprint density at radius 2 is 2.06 bits per heavy atom. The molecule has 17 heavy (non-hydrogen) atoms. The Kier molecular flexibility index (Phi) is 3.46. The molecule has 1 atom stereocenters. The first-order valence-corrected chi connectivity index (χ1v) is 6.65. The molecule has 0 aromatic heterocycles. The fourth-order valence-electron chi connectivity index (χ4n) is 2.68.